The van der Waals surface area contributed by atoms with Crippen molar-refractivity contribution in [2.45, 2.75) is 38.1 Å². The average Bonchev–Trinajstić information content (AvgIpc) is 3.31. The molecule has 0 amide bonds. The van der Waals surface area contributed by atoms with Gasteiger partial charge in [-0.3, -0.25) is 4.68 Å². The molecule has 0 radical (unpaired) electrons. The normalized spacial score (nSPS) is 15.3. The first-order chi connectivity index (χ1) is 18.5. The fourth-order valence-electron chi connectivity index (χ4n) is 4.79. The van der Waals surface area contributed by atoms with E-state index in [-0.39, 0.29) is 22.3 Å². The summed E-state index contributed by atoms with van der Waals surface area (Å²) in [6.45, 7) is 11.1. The van der Waals surface area contributed by atoms with Crippen molar-refractivity contribution in [2.75, 3.05) is 29.3 Å². The minimum absolute atomic E-state index is 0.0141. The SMILES string of the molecule is Cc1cccc(C)c1-c1cc(Oc2ccc(N3CCNC(C)(C)C3)cc2)nc(NS(=O)(=O)c2cnn(C)c2)n1. The van der Waals surface area contributed by atoms with Gasteiger partial charge in [-0.2, -0.15) is 10.1 Å². The van der Waals surface area contributed by atoms with Gasteiger partial charge >= 0.3 is 0 Å². The first-order valence-corrected chi connectivity index (χ1v) is 14.2. The molecule has 2 N–H and O–H groups in total. The summed E-state index contributed by atoms with van der Waals surface area (Å²) in [6, 6.07) is 15.5. The largest absolute Gasteiger partial charge is 0.439 e. The zero-order valence-electron chi connectivity index (χ0n) is 22.8. The molecule has 11 heteroatoms. The molecule has 0 unspecified atom stereocenters. The van der Waals surface area contributed by atoms with Crippen LogP contribution in [0.15, 0.2) is 65.8 Å². The lowest BCUT2D eigenvalue weighted by Crippen LogP contribution is -2.57. The maximum Gasteiger partial charge on any atom is 0.267 e. The monoisotopic (exact) mass is 547 g/mol. The number of aryl methyl sites for hydroxylation is 3. The molecule has 3 heterocycles. The van der Waals surface area contributed by atoms with Crippen molar-refractivity contribution in [3.8, 4) is 22.9 Å². The fraction of sp³-hybridized carbons (Fsp3) is 0.321. The summed E-state index contributed by atoms with van der Waals surface area (Å²) in [5.41, 5.74) is 4.61. The topological polar surface area (TPSA) is 114 Å². The van der Waals surface area contributed by atoms with E-state index in [1.54, 1.807) is 13.1 Å². The van der Waals surface area contributed by atoms with Crippen molar-refractivity contribution in [1.29, 1.82) is 0 Å². The van der Waals surface area contributed by atoms with E-state index in [9.17, 15) is 8.42 Å². The van der Waals surface area contributed by atoms with Gasteiger partial charge in [-0.15, -0.1) is 0 Å². The van der Waals surface area contributed by atoms with Crippen LogP contribution in [0.3, 0.4) is 0 Å². The summed E-state index contributed by atoms with van der Waals surface area (Å²) in [4.78, 5) is 11.3. The average molecular weight is 548 g/mol. The van der Waals surface area contributed by atoms with Gasteiger partial charge in [-0.25, -0.2) is 18.1 Å². The molecule has 1 saturated heterocycles. The summed E-state index contributed by atoms with van der Waals surface area (Å²) in [5, 5.41) is 7.49. The fourth-order valence-corrected chi connectivity index (χ4v) is 5.72. The van der Waals surface area contributed by atoms with Gasteiger partial charge in [0.1, 0.15) is 10.6 Å². The van der Waals surface area contributed by atoms with Gasteiger partial charge in [-0.05, 0) is 63.1 Å². The smallest absolute Gasteiger partial charge is 0.267 e. The summed E-state index contributed by atoms with van der Waals surface area (Å²) in [7, 11) is -2.30. The van der Waals surface area contributed by atoms with Crippen molar-refractivity contribution in [3.05, 3.63) is 72.1 Å². The van der Waals surface area contributed by atoms with Crippen molar-refractivity contribution in [2.24, 2.45) is 7.05 Å². The van der Waals surface area contributed by atoms with Gasteiger partial charge in [0.2, 0.25) is 11.8 Å². The number of ether oxygens (including phenoxy) is 1. The maximum atomic E-state index is 13.0. The van der Waals surface area contributed by atoms with Gasteiger partial charge in [0.25, 0.3) is 10.0 Å². The van der Waals surface area contributed by atoms with E-state index in [1.165, 1.54) is 17.1 Å². The van der Waals surface area contributed by atoms with E-state index in [4.69, 9.17) is 4.74 Å². The summed E-state index contributed by atoms with van der Waals surface area (Å²) in [6.07, 6.45) is 2.69. The Hall–Kier alpha value is -3.96. The van der Waals surface area contributed by atoms with Crippen LogP contribution in [0.5, 0.6) is 11.6 Å². The molecule has 0 bridgehead atoms. The second kappa shape index (κ2) is 10.3. The Balaban J connectivity index is 1.47. The lowest BCUT2D eigenvalue weighted by Gasteiger charge is -2.40. The molecule has 1 aliphatic rings. The van der Waals surface area contributed by atoms with Gasteiger partial charge in [0.05, 0.1) is 11.9 Å². The number of aromatic nitrogens is 4. The predicted molar refractivity (Wildman–Crippen MR) is 152 cm³/mol. The number of hydrogen-bond donors (Lipinski definition) is 2. The Morgan fingerprint density at radius 3 is 2.41 bits per heavy atom. The highest BCUT2D eigenvalue weighted by Crippen LogP contribution is 2.32. The third-order valence-electron chi connectivity index (χ3n) is 6.65. The van der Waals surface area contributed by atoms with Crippen LogP contribution < -0.4 is 19.7 Å². The van der Waals surface area contributed by atoms with E-state index >= 15 is 0 Å². The highest BCUT2D eigenvalue weighted by atomic mass is 32.2. The molecule has 2 aromatic carbocycles. The van der Waals surface area contributed by atoms with Crippen LogP contribution in [-0.4, -0.2) is 53.3 Å². The van der Waals surface area contributed by atoms with Crippen LogP contribution in [0.4, 0.5) is 11.6 Å². The molecular weight excluding hydrogens is 514 g/mol. The molecule has 39 heavy (non-hydrogen) atoms. The Morgan fingerprint density at radius 1 is 1.05 bits per heavy atom. The number of anilines is 2. The number of benzene rings is 2. The van der Waals surface area contributed by atoms with Gasteiger partial charge in [0, 0.05) is 55.7 Å². The third kappa shape index (κ3) is 6.04. The Bertz CT molecular complexity index is 1580. The van der Waals surface area contributed by atoms with Crippen LogP contribution >= 0.6 is 0 Å². The minimum atomic E-state index is -3.95. The van der Waals surface area contributed by atoms with E-state index in [0.717, 1.165) is 42.0 Å². The van der Waals surface area contributed by atoms with Crippen molar-refractivity contribution >= 4 is 21.7 Å². The highest BCUT2D eigenvalue weighted by Gasteiger charge is 2.26. The Kier molecular flexibility index (Phi) is 7.04. The number of rotatable bonds is 7. The number of nitrogens with one attached hydrogen (secondary N) is 2. The predicted octanol–water partition coefficient (Wildman–Crippen LogP) is 4.28. The van der Waals surface area contributed by atoms with E-state index in [0.29, 0.717) is 11.4 Å². The highest BCUT2D eigenvalue weighted by molar-refractivity contribution is 7.92. The lowest BCUT2D eigenvalue weighted by molar-refractivity contribution is 0.353. The number of sulfonamides is 1. The van der Waals surface area contributed by atoms with E-state index in [2.05, 4.69) is 43.9 Å². The summed E-state index contributed by atoms with van der Waals surface area (Å²) in [5.74, 6) is 0.719. The molecule has 1 aliphatic heterocycles. The molecule has 2 aromatic heterocycles. The van der Waals surface area contributed by atoms with Crippen molar-refractivity contribution in [3.63, 3.8) is 0 Å². The number of piperazine rings is 1. The van der Waals surface area contributed by atoms with Crippen LogP contribution in [0.25, 0.3) is 11.3 Å². The van der Waals surface area contributed by atoms with Crippen LogP contribution in [0, 0.1) is 13.8 Å². The molecule has 0 aliphatic carbocycles. The Morgan fingerprint density at radius 2 is 1.77 bits per heavy atom. The second-order valence-electron chi connectivity index (χ2n) is 10.5. The van der Waals surface area contributed by atoms with Crippen LogP contribution in [0.1, 0.15) is 25.0 Å². The minimum Gasteiger partial charge on any atom is -0.439 e. The zero-order valence-corrected chi connectivity index (χ0v) is 23.6. The number of nitrogens with zero attached hydrogens (tertiary/aromatic N) is 5. The first kappa shape index (κ1) is 26.6. The summed E-state index contributed by atoms with van der Waals surface area (Å²) >= 11 is 0. The molecule has 1 fully saturated rings. The quantitative estimate of drug-likeness (QED) is 0.353. The van der Waals surface area contributed by atoms with E-state index in [1.807, 2.05) is 56.3 Å². The van der Waals surface area contributed by atoms with Gasteiger partial charge in [-0.1, -0.05) is 18.2 Å². The molecule has 5 rings (SSSR count). The molecule has 10 nitrogen and oxygen atoms in total. The summed E-state index contributed by atoms with van der Waals surface area (Å²) < 4.78 is 36.1. The standard InChI is InChI=1S/C28H33N7O3S/c1-19-7-6-8-20(2)26(19)24-15-25(32-27(31-24)33-39(36,37)23-16-30-34(5)17-23)38-22-11-9-21(10-12-22)35-14-13-29-28(3,4)18-35/h6-12,15-17,29H,13-14,18H2,1-5H3,(H,31,32,33). The van der Waals surface area contributed by atoms with Gasteiger partial charge < -0.3 is 15.0 Å². The van der Waals surface area contributed by atoms with Crippen LogP contribution in [0.2, 0.25) is 0 Å². The number of hydrogen-bond acceptors (Lipinski definition) is 8. The molecule has 4 aromatic rings. The molecular formula is C28H33N7O3S. The van der Waals surface area contributed by atoms with Crippen LogP contribution in [-0.2, 0) is 17.1 Å². The molecule has 0 atom stereocenters. The van der Waals surface area contributed by atoms with Gasteiger partial charge in [0.15, 0.2) is 0 Å². The van der Waals surface area contributed by atoms with E-state index < -0.39 is 10.0 Å². The molecule has 0 spiro atoms. The maximum absolute atomic E-state index is 13.0. The zero-order chi connectivity index (χ0) is 27.8. The lowest BCUT2D eigenvalue weighted by atomic mass is 10.00. The third-order valence-corrected chi connectivity index (χ3v) is 7.94. The molecule has 0 saturated carbocycles. The van der Waals surface area contributed by atoms with Crippen molar-refractivity contribution in [1.82, 2.24) is 25.1 Å². The molecule has 204 valence electrons. The Labute approximate surface area is 229 Å². The second-order valence-corrected chi connectivity index (χ2v) is 12.1. The first-order valence-electron chi connectivity index (χ1n) is 12.7. The van der Waals surface area contributed by atoms with Crippen molar-refractivity contribution < 1.29 is 13.2 Å².